The second kappa shape index (κ2) is 10.8. The van der Waals surface area contributed by atoms with E-state index in [2.05, 4.69) is 22.3 Å². The molecule has 0 saturated carbocycles. The summed E-state index contributed by atoms with van der Waals surface area (Å²) in [7, 11) is 1.68. The predicted octanol–water partition coefficient (Wildman–Crippen LogP) is 3.11. The molecule has 0 bridgehead atoms. The Bertz CT molecular complexity index is 828. The zero-order valence-electron chi connectivity index (χ0n) is 20.9. The van der Waals surface area contributed by atoms with Crippen LogP contribution < -0.4 is 15.0 Å². The Morgan fingerprint density at radius 3 is 2.35 bits per heavy atom. The quantitative estimate of drug-likeness (QED) is 0.713. The van der Waals surface area contributed by atoms with Crippen LogP contribution in [0.1, 0.15) is 46.0 Å². The van der Waals surface area contributed by atoms with Gasteiger partial charge in [-0.2, -0.15) is 0 Å². The van der Waals surface area contributed by atoms with Crippen LogP contribution in [0.3, 0.4) is 0 Å². The highest BCUT2D eigenvalue weighted by molar-refractivity contribution is 5.77. The molecular formula is C26H40N4O4. The van der Waals surface area contributed by atoms with E-state index in [1.165, 1.54) is 5.69 Å². The second-order valence-corrected chi connectivity index (χ2v) is 10.3. The third kappa shape index (κ3) is 5.95. The van der Waals surface area contributed by atoms with Crippen LogP contribution >= 0.6 is 0 Å². The Hall–Kier alpha value is -2.48. The number of nitrogens with zero attached hydrogens (tertiary/aromatic N) is 3. The summed E-state index contributed by atoms with van der Waals surface area (Å²) in [6, 6.07) is 8.28. The molecule has 8 nitrogen and oxygen atoms in total. The van der Waals surface area contributed by atoms with Gasteiger partial charge in [0, 0.05) is 64.0 Å². The van der Waals surface area contributed by atoms with Crippen molar-refractivity contribution in [3.05, 3.63) is 24.3 Å². The summed E-state index contributed by atoms with van der Waals surface area (Å²) >= 11 is 0. The van der Waals surface area contributed by atoms with Crippen molar-refractivity contribution in [2.24, 2.45) is 5.92 Å². The van der Waals surface area contributed by atoms with Gasteiger partial charge in [-0.1, -0.05) is 0 Å². The van der Waals surface area contributed by atoms with E-state index in [0.717, 1.165) is 57.6 Å². The molecule has 1 aromatic rings. The van der Waals surface area contributed by atoms with Crippen LogP contribution in [0.25, 0.3) is 0 Å². The number of urea groups is 1. The molecular weight excluding hydrogens is 432 g/mol. The Morgan fingerprint density at radius 1 is 1.06 bits per heavy atom. The zero-order valence-corrected chi connectivity index (χ0v) is 20.9. The molecule has 188 valence electrons. The van der Waals surface area contributed by atoms with E-state index in [-0.39, 0.29) is 23.6 Å². The molecule has 1 unspecified atom stereocenters. The predicted molar refractivity (Wildman–Crippen MR) is 132 cm³/mol. The number of carbonyl (C=O) groups is 2. The lowest BCUT2D eigenvalue weighted by Gasteiger charge is -2.46. The normalized spacial score (nSPS) is 22.7. The van der Waals surface area contributed by atoms with E-state index >= 15 is 0 Å². The standard InChI is InChI=1S/C26H40N4O4/c1-20(2)27-25(32)30-11-9-26(10-12-30)19-21(8-17-34-26)18-24(31)29-15-13-28(14-16-29)22-4-6-23(33-3)7-5-22/h4-7,20-21H,8-19H2,1-3H3,(H,27,32). The zero-order chi connectivity index (χ0) is 24.1. The van der Waals surface area contributed by atoms with Crippen molar-refractivity contribution in [3.8, 4) is 5.75 Å². The molecule has 0 aliphatic carbocycles. The smallest absolute Gasteiger partial charge is 0.317 e. The largest absolute Gasteiger partial charge is 0.497 e. The SMILES string of the molecule is COc1ccc(N2CCN(C(=O)CC3CCOC4(CCN(C(=O)NC(C)C)CC4)C3)CC2)cc1. The molecule has 3 aliphatic rings. The minimum Gasteiger partial charge on any atom is -0.497 e. The van der Waals surface area contributed by atoms with Crippen LogP contribution in [-0.2, 0) is 9.53 Å². The van der Waals surface area contributed by atoms with Gasteiger partial charge >= 0.3 is 6.03 Å². The first-order valence-electron chi connectivity index (χ1n) is 12.7. The van der Waals surface area contributed by atoms with Gasteiger partial charge in [-0.25, -0.2) is 4.79 Å². The third-order valence-electron chi connectivity index (χ3n) is 7.50. The van der Waals surface area contributed by atoms with Crippen molar-refractivity contribution >= 4 is 17.6 Å². The summed E-state index contributed by atoms with van der Waals surface area (Å²) in [6.07, 6.45) is 4.17. The van der Waals surface area contributed by atoms with Crippen molar-refractivity contribution in [1.29, 1.82) is 0 Å². The number of benzene rings is 1. The Balaban J connectivity index is 1.23. The molecule has 1 N–H and O–H groups in total. The molecule has 1 atom stereocenters. The average molecular weight is 473 g/mol. The Labute approximate surface area is 203 Å². The summed E-state index contributed by atoms with van der Waals surface area (Å²) in [5.41, 5.74) is 0.998. The molecule has 0 aromatic heterocycles. The maximum atomic E-state index is 13.1. The van der Waals surface area contributed by atoms with Crippen LogP contribution in [0.4, 0.5) is 10.5 Å². The third-order valence-corrected chi connectivity index (χ3v) is 7.50. The van der Waals surface area contributed by atoms with Gasteiger partial charge in [0.1, 0.15) is 5.75 Å². The van der Waals surface area contributed by atoms with E-state index in [1.54, 1.807) is 7.11 Å². The molecule has 3 fully saturated rings. The number of ether oxygens (including phenoxy) is 2. The van der Waals surface area contributed by atoms with E-state index in [1.807, 2.05) is 35.8 Å². The van der Waals surface area contributed by atoms with Gasteiger partial charge in [0.05, 0.1) is 12.7 Å². The van der Waals surface area contributed by atoms with E-state index in [0.29, 0.717) is 32.0 Å². The number of hydrogen-bond acceptors (Lipinski definition) is 5. The van der Waals surface area contributed by atoms with E-state index < -0.39 is 0 Å². The number of anilines is 1. The van der Waals surface area contributed by atoms with Crippen LogP contribution in [0, 0.1) is 5.92 Å². The fourth-order valence-corrected chi connectivity index (χ4v) is 5.49. The number of methoxy groups -OCH3 is 1. The summed E-state index contributed by atoms with van der Waals surface area (Å²) in [6.45, 7) is 9.33. The fraction of sp³-hybridized carbons (Fsp3) is 0.692. The van der Waals surface area contributed by atoms with Crippen molar-refractivity contribution in [1.82, 2.24) is 15.1 Å². The molecule has 1 spiro atoms. The van der Waals surface area contributed by atoms with E-state index in [9.17, 15) is 9.59 Å². The first-order valence-corrected chi connectivity index (χ1v) is 12.7. The van der Waals surface area contributed by atoms with Gasteiger partial charge in [-0.05, 0) is 69.7 Å². The van der Waals surface area contributed by atoms with E-state index in [4.69, 9.17) is 9.47 Å². The minimum absolute atomic E-state index is 0.0150. The first kappa shape index (κ1) is 24.6. The van der Waals surface area contributed by atoms with Crippen molar-refractivity contribution in [2.45, 2.75) is 57.6 Å². The van der Waals surface area contributed by atoms with Gasteiger partial charge < -0.3 is 29.5 Å². The number of piperazine rings is 1. The molecule has 34 heavy (non-hydrogen) atoms. The van der Waals surface area contributed by atoms with Crippen LogP contribution in [0.5, 0.6) is 5.75 Å². The van der Waals surface area contributed by atoms with Crippen molar-refractivity contribution < 1.29 is 19.1 Å². The number of amides is 3. The molecule has 8 heteroatoms. The number of rotatable bonds is 5. The number of nitrogens with one attached hydrogen (secondary N) is 1. The topological polar surface area (TPSA) is 74.4 Å². The summed E-state index contributed by atoms with van der Waals surface area (Å²) < 4.78 is 11.5. The molecule has 3 heterocycles. The summed E-state index contributed by atoms with van der Waals surface area (Å²) in [5, 5.41) is 2.98. The van der Waals surface area contributed by atoms with Gasteiger partial charge in [0.25, 0.3) is 0 Å². The van der Waals surface area contributed by atoms with Gasteiger partial charge in [-0.15, -0.1) is 0 Å². The molecule has 4 rings (SSSR count). The lowest BCUT2D eigenvalue weighted by molar-refractivity contribution is -0.140. The Kier molecular flexibility index (Phi) is 7.86. The maximum Gasteiger partial charge on any atom is 0.317 e. The molecule has 3 saturated heterocycles. The summed E-state index contributed by atoms with van der Waals surface area (Å²) in [4.78, 5) is 31.7. The highest BCUT2D eigenvalue weighted by Gasteiger charge is 2.42. The van der Waals surface area contributed by atoms with Crippen LogP contribution in [-0.4, -0.2) is 86.4 Å². The average Bonchev–Trinajstić information content (AvgIpc) is 2.84. The number of hydrogen-bond donors (Lipinski definition) is 1. The van der Waals surface area contributed by atoms with Gasteiger partial charge in [0.15, 0.2) is 0 Å². The monoisotopic (exact) mass is 472 g/mol. The lowest BCUT2D eigenvalue weighted by Crippen LogP contribution is -2.54. The molecule has 3 aliphatic heterocycles. The summed E-state index contributed by atoms with van der Waals surface area (Å²) in [5.74, 6) is 1.48. The second-order valence-electron chi connectivity index (χ2n) is 10.3. The highest BCUT2D eigenvalue weighted by atomic mass is 16.5. The van der Waals surface area contributed by atoms with Crippen molar-refractivity contribution in [3.63, 3.8) is 0 Å². The maximum absolute atomic E-state index is 13.1. The highest BCUT2D eigenvalue weighted by Crippen LogP contribution is 2.39. The number of likely N-dealkylation sites (tertiary alicyclic amines) is 1. The van der Waals surface area contributed by atoms with Crippen LogP contribution in [0.15, 0.2) is 24.3 Å². The van der Waals surface area contributed by atoms with Gasteiger partial charge in [0.2, 0.25) is 5.91 Å². The first-order chi connectivity index (χ1) is 16.4. The van der Waals surface area contributed by atoms with Crippen LogP contribution in [0.2, 0.25) is 0 Å². The lowest BCUT2D eigenvalue weighted by atomic mass is 9.78. The molecule has 3 amide bonds. The fourth-order valence-electron chi connectivity index (χ4n) is 5.49. The van der Waals surface area contributed by atoms with Crippen molar-refractivity contribution in [2.75, 3.05) is 57.9 Å². The molecule has 1 aromatic carbocycles. The Morgan fingerprint density at radius 2 is 1.74 bits per heavy atom. The molecule has 0 radical (unpaired) electrons. The van der Waals surface area contributed by atoms with Gasteiger partial charge in [-0.3, -0.25) is 4.79 Å². The minimum atomic E-state index is -0.176. The number of piperidine rings is 1. The number of carbonyl (C=O) groups excluding carboxylic acids is 2.